The lowest BCUT2D eigenvalue weighted by Gasteiger charge is -2.47. The molecule has 6 nitrogen and oxygen atoms in total. The summed E-state index contributed by atoms with van der Waals surface area (Å²) in [6.45, 7) is 6.81. The number of piperidine rings is 1. The molecular formula is C23H38N4O2. The largest absolute Gasteiger partial charge is 0.395 e. The number of hydrogen-bond donors (Lipinski definition) is 3. The molecule has 0 spiro atoms. The van der Waals surface area contributed by atoms with Gasteiger partial charge in [0.2, 0.25) is 5.91 Å². The molecule has 162 valence electrons. The minimum absolute atomic E-state index is 0.112. The summed E-state index contributed by atoms with van der Waals surface area (Å²) in [7, 11) is 4.06. The summed E-state index contributed by atoms with van der Waals surface area (Å²) < 4.78 is 0. The minimum atomic E-state index is -0.474. The first kappa shape index (κ1) is 22.2. The number of nitrogens with zero attached hydrogens (tertiary/aromatic N) is 2. The molecule has 3 N–H and O–H groups in total. The topological polar surface area (TPSA) is 67.8 Å². The summed E-state index contributed by atoms with van der Waals surface area (Å²) in [5, 5.41) is 15.9. The predicted molar refractivity (Wildman–Crippen MR) is 118 cm³/mol. The SMILES string of the molecule is Cc1cccc(C)c1NC(=O)C1(N(C)C)CCN([C@@H]2CCC[C@H]2NCCO)CC1. The van der Waals surface area contributed by atoms with Crippen molar-refractivity contribution in [2.75, 3.05) is 45.7 Å². The first-order chi connectivity index (χ1) is 13.9. The number of rotatable bonds is 7. The second kappa shape index (κ2) is 9.56. The Morgan fingerprint density at radius 1 is 1.21 bits per heavy atom. The van der Waals surface area contributed by atoms with Gasteiger partial charge in [-0.15, -0.1) is 0 Å². The van der Waals surface area contributed by atoms with E-state index in [4.69, 9.17) is 5.11 Å². The molecule has 1 amide bonds. The quantitative estimate of drug-likeness (QED) is 0.652. The maximum Gasteiger partial charge on any atom is 0.244 e. The van der Waals surface area contributed by atoms with Crippen LogP contribution in [0.5, 0.6) is 0 Å². The number of hydrogen-bond acceptors (Lipinski definition) is 5. The molecule has 1 aromatic carbocycles. The summed E-state index contributed by atoms with van der Waals surface area (Å²) in [5.41, 5.74) is 2.69. The number of likely N-dealkylation sites (N-methyl/N-ethyl adjacent to an activating group) is 1. The number of carbonyl (C=O) groups is 1. The average Bonchev–Trinajstić information content (AvgIpc) is 3.17. The van der Waals surface area contributed by atoms with Crippen molar-refractivity contribution in [1.82, 2.24) is 15.1 Å². The van der Waals surface area contributed by atoms with Gasteiger partial charge in [0.25, 0.3) is 0 Å². The van der Waals surface area contributed by atoms with Gasteiger partial charge in [0, 0.05) is 37.4 Å². The highest BCUT2D eigenvalue weighted by atomic mass is 16.3. The highest BCUT2D eigenvalue weighted by Gasteiger charge is 2.45. The van der Waals surface area contributed by atoms with Gasteiger partial charge in [-0.05, 0) is 64.8 Å². The van der Waals surface area contributed by atoms with Crippen LogP contribution in [-0.4, -0.2) is 78.8 Å². The van der Waals surface area contributed by atoms with Crippen LogP contribution in [-0.2, 0) is 4.79 Å². The van der Waals surface area contributed by atoms with E-state index < -0.39 is 5.54 Å². The Kier molecular flexibility index (Phi) is 7.32. The third-order valence-corrected chi connectivity index (χ3v) is 7.09. The van der Waals surface area contributed by atoms with Gasteiger partial charge in [0.15, 0.2) is 0 Å². The van der Waals surface area contributed by atoms with Gasteiger partial charge in [-0.3, -0.25) is 14.6 Å². The lowest BCUT2D eigenvalue weighted by atomic mass is 9.84. The van der Waals surface area contributed by atoms with Gasteiger partial charge in [0.1, 0.15) is 5.54 Å². The maximum absolute atomic E-state index is 13.5. The summed E-state index contributed by atoms with van der Waals surface area (Å²) in [5.74, 6) is 0.112. The summed E-state index contributed by atoms with van der Waals surface area (Å²) in [6, 6.07) is 7.10. The zero-order chi connectivity index (χ0) is 21.0. The molecule has 6 heteroatoms. The lowest BCUT2D eigenvalue weighted by Crippen LogP contribution is -2.61. The first-order valence-corrected chi connectivity index (χ1v) is 11.0. The van der Waals surface area contributed by atoms with E-state index >= 15 is 0 Å². The fourth-order valence-corrected chi connectivity index (χ4v) is 5.21. The van der Waals surface area contributed by atoms with Crippen molar-refractivity contribution in [2.24, 2.45) is 0 Å². The van der Waals surface area contributed by atoms with E-state index in [0.717, 1.165) is 42.7 Å². The molecule has 1 aromatic rings. The fourth-order valence-electron chi connectivity index (χ4n) is 5.21. The average molecular weight is 403 g/mol. The molecule has 29 heavy (non-hydrogen) atoms. The molecule has 0 radical (unpaired) electrons. The highest BCUT2D eigenvalue weighted by molar-refractivity contribution is 5.99. The van der Waals surface area contributed by atoms with Gasteiger partial charge in [-0.25, -0.2) is 0 Å². The summed E-state index contributed by atoms with van der Waals surface area (Å²) in [6.07, 6.45) is 5.27. The molecule has 1 saturated heterocycles. The Morgan fingerprint density at radius 3 is 2.45 bits per heavy atom. The molecule has 3 rings (SSSR count). The van der Waals surface area contributed by atoms with E-state index in [1.54, 1.807) is 0 Å². The van der Waals surface area contributed by atoms with Crippen LogP contribution in [0.1, 0.15) is 43.2 Å². The minimum Gasteiger partial charge on any atom is -0.395 e. The van der Waals surface area contributed by atoms with E-state index in [-0.39, 0.29) is 12.5 Å². The molecule has 0 bridgehead atoms. The molecule has 1 saturated carbocycles. The molecule has 0 unspecified atom stereocenters. The number of aliphatic hydroxyl groups excluding tert-OH is 1. The molecule has 1 aliphatic carbocycles. The van der Waals surface area contributed by atoms with E-state index in [1.807, 2.05) is 46.1 Å². The number of amides is 1. The van der Waals surface area contributed by atoms with Crippen LogP contribution in [0, 0.1) is 13.8 Å². The van der Waals surface area contributed by atoms with Crippen molar-refractivity contribution in [3.63, 3.8) is 0 Å². The number of carbonyl (C=O) groups excluding carboxylic acids is 1. The number of likely N-dealkylation sites (tertiary alicyclic amines) is 1. The number of nitrogens with one attached hydrogen (secondary N) is 2. The Hall–Kier alpha value is -1.47. The Bertz CT molecular complexity index is 678. The number of para-hydroxylation sites is 1. The zero-order valence-corrected chi connectivity index (χ0v) is 18.5. The van der Waals surface area contributed by atoms with Crippen molar-refractivity contribution < 1.29 is 9.90 Å². The molecule has 2 aliphatic rings. The van der Waals surface area contributed by atoms with E-state index in [9.17, 15) is 4.79 Å². The van der Waals surface area contributed by atoms with E-state index in [1.165, 1.54) is 19.3 Å². The van der Waals surface area contributed by atoms with Crippen molar-refractivity contribution in [2.45, 2.75) is 63.6 Å². The third-order valence-electron chi connectivity index (χ3n) is 7.09. The smallest absolute Gasteiger partial charge is 0.244 e. The second-order valence-corrected chi connectivity index (χ2v) is 8.97. The van der Waals surface area contributed by atoms with E-state index in [0.29, 0.717) is 18.6 Å². The van der Waals surface area contributed by atoms with Crippen LogP contribution in [0.15, 0.2) is 18.2 Å². The second-order valence-electron chi connectivity index (χ2n) is 8.97. The molecule has 1 aliphatic heterocycles. The lowest BCUT2D eigenvalue weighted by molar-refractivity contribution is -0.130. The van der Waals surface area contributed by atoms with Crippen molar-refractivity contribution >= 4 is 11.6 Å². The maximum atomic E-state index is 13.5. The number of aliphatic hydroxyl groups is 1. The molecular weight excluding hydrogens is 364 g/mol. The summed E-state index contributed by atoms with van der Waals surface area (Å²) >= 11 is 0. The van der Waals surface area contributed by atoms with Crippen LogP contribution >= 0.6 is 0 Å². The van der Waals surface area contributed by atoms with Gasteiger partial charge < -0.3 is 15.7 Å². The monoisotopic (exact) mass is 402 g/mol. The van der Waals surface area contributed by atoms with Crippen molar-refractivity contribution in [3.05, 3.63) is 29.3 Å². The zero-order valence-electron chi connectivity index (χ0n) is 18.5. The van der Waals surface area contributed by atoms with Crippen LogP contribution in [0.2, 0.25) is 0 Å². The molecule has 2 atom stereocenters. The van der Waals surface area contributed by atoms with Crippen molar-refractivity contribution in [3.8, 4) is 0 Å². The molecule has 1 heterocycles. The van der Waals surface area contributed by atoms with Crippen LogP contribution in [0.4, 0.5) is 5.69 Å². The number of aryl methyl sites for hydroxylation is 2. The molecule has 0 aromatic heterocycles. The van der Waals surface area contributed by atoms with Gasteiger partial charge in [-0.1, -0.05) is 24.6 Å². The van der Waals surface area contributed by atoms with Crippen molar-refractivity contribution in [1.29, 1.82) is 0 Å². The third kappa shape index (κ3) is 4.66. The number of benzene rings is 1. The highest BCUT2D eigenvalue weighted by Crippen LogP contribution is 2.34. The number of anilines is 1. The van der Waals surface area contributed by atoms with Crippen LogP contribution in [0.3, 0.4) is 0 Å². The Labute approximate surface area is 175 Å². The summed E-state index contributed by atoms with van der Waals surface area (Å²) in [4.78, 5) is 18.1. The van der Waals surface area contributed by atoms with Crippen LogP contribution in [0.25, 0.3) is 0 Å². The Balaban J connectivity index is 1.69. The normalized spacial score (nSPS) is 24.8. The van der Waals surface area contributed by atoms with Gasteiger partial charge in [0.05, 0.1) is 6.61 Å². The first-order valence-electron chi connectivity index (χ1n) is 11.0. The van der Waals surface area contributed by atoms with Crippen LogP contribution < -0.4 is 10.6 Å². The standard InChI is InChI=1S/C23H38N4O2/c1-17-7-5-8-18(2)21(17)25-22(29)23(26(3)4)11-14-27(15-12-23)20-10-6-9-19(20)24-13-16-28/h5,7-8,19-20,24,28H,6,9-16H2,1-4H3,(H,25,29)/t19-,20-/m1/s1. The predicted octanol–water partition coefficient (Wildman–Crippen LogP) is 2.14. The fraction of sp³-hybridized carbons (Fsp3) is 0.696. The van der Waals surface area contributed by atoms with Gasteiger partial charge >= 0.3 is 0 Å². The Morgan fingerprint density at radius 2 is 1.86 bits per heavy atom. The molecule has 2 fully saturated rings. The van der Waals surface area contributed by atoms with E-state index in [2.05, 4.69) is 20.4 Å². The van der Waals surface area contributed by atoms with Gasteiger partial charge in [-0.2, -0.15) is 0 Å².